The lowest BCUT2D eigenvalue weighted by Crippen LogP contribution is -2.52. The van der Waals surface area contributed by atoms with Crippen LogP contribution in [0.5, 0.6) is 11.5 Å². The molecule has 4 aromatic carbocycles. The van der Waals surface area contributed by atoms with Crippen LogP contribution < -0.4 is 20.9 Å². The number of hydrogen-bond acceptors (Lipinski definition) is 11. The standard InChI is InChI=1S/C43H44N6O7/c50-35-15-13-33(34-14-16-38(52)45-41(34)35)36(51)24-44-20-17-27-9-11-30(12-10-27)42-46-39(56-48-42)26-54-32-8-4-7-31(23-32)40(29-5-2-1-3-6-29)47-43(53)55-37-25-49-21-18-28(37)19-22-49/h1-16,23,28,36-37,40,44,50-51H,17-22,24-26H2,(H,45,52)(H,47,53). The molecule has 3 atom stereocenters. The molecule has 3 aliphatic rings. The highest BCUT2D eigenvalue weighted by Gasteiger charge is 2.37. The fraction of sp³-hybridized carbons (Fsp3) is 0.302. The number of H-pyrrole nitrogens is 1. The fourth-order valence-electron chi connectivity index (χ4n) is 7.65. The van der Waals surface area contributed by atoms with Crippen molar-refractivity contribution in [2.45, 2.75) is 44.1 Å². The molecular formula is C43H44N6O7. The van der Waals surface area contributed by atoms with E-state index >= 15 is 0 Å². The van der Waals surface area contributed by atoms with Gasteiger partial charge < -0.3 is 39.8 Å². The molecule has 5 N–H and O–H groups in total. The number of aliphatic hydroxyl groups is 1. The number of piperidine rings is 3. The molecule has 3 unspecified atom stereocenters. The van der Waals surface area contributed by atoms with Crippen LogP contribution in [0.1, 0.15) is 53.1 Å². The van der Waals surface area contributed by atoms with Gasteiger partial charge in [0, 0.05) is 30.1 Å². The number of amides is 1. The third kappa shape index (κ3) is 8.60. The van der Waals surface area contributed by atoms with Gasteiger partial charge in [-0.1, -0.05) is 78.0 Å². The van der Waals surface area contributed by atoms with Crippen LogP contribution in [0.3, 0.4) is 0 Å². The number of ether oxygens (including phenoxy) is 2. The number of carbonyl (C=O) groups is 1. The largest absolute Gasteiger partial charge is 0.506 e. The highest BCUT2D eigenvalue weighted by atomic mass is 16.6. The Balaban J connectivity index is 0.837. The minimum Gasteiger partial charge on any atom is -0.506 e. The zero-order valence-corrected chi connectivity index (χ0v) is 30.8. The number of rotatable bonds is 14. The fourth-order valence-corrected chi connectivity index (χ4v) is 7.65. The topological polar surface area (TPSA) is 175 Å². The number of phenols is 1. The number of alkyl carbamates (subject to hydrolysis) is 1. The number of nitrogens with zero attached hydrogens (tertiary/aromatic N) is 3. The second-order valence-corrected chi connectivity index (χ2v) is 14.4. The van der Waals surface area contributed by atoms with Gasteiger partial charge in [-0.25, -0.2) is 4.79 Å². The number of aromatic nitrogens is 3. The molecule has 0 radical (unpaired) electrons. The Morgan fingerprint density at radius 2 is 1.77 bits per heavy atom. The van der Waals surface area contributed by atoms with Crippen LogP contribution in [0.2, 0.25) is 0 Å². The zero-order valence-electron chi connectivity index (χ0n) is 30.8. The molecule has 5 heterocycles. The number of pyridine rings is 1. The van der Waals surface area contributed by atoms with E-state index < -0.39 is 18.2 Å². The van der Waals surface area contributed by atoms with Crippen molar-refractivity contribution in [1.29, 1.82) is 0 Å². The summed E-state index contributed by atoms with van der Waals surface area (Å²) in [6.45, 7) is 3.94. The molecule has 13 nitrogen and oxygen atoms in total. The first kappa shape index (κ1) is 36.9. The van der Waals surface area contributed by atoms with Gasteiger partial charge in [0.25, 0.3) is 5.89 Å². The summed E-state index contributed by atoms with van der Waals surface area (Å²) < 4.78 is 17.6. The van der Waals surface area contributed by atoms with Gasteiger partial charge in [-0.3, -0.25) is 9.69 Å². The molecule has 0 aliphatic carbocycles. The third-order valence-electron chi connectivity index (χ3n) is 10.7. The Labute approximate surface area is 323 Å². The second-order valence-electron chi connectivity index (χ2n) is 14.4. The third-order valence-corrected chi connectivity index (χ3v) is 10.7. The zero-order chi connectivity index (χ0) is 38.4. The van der Waals surface area contributed by atoms with Crippen molar-refractivity contribution < 1.29 is 29.0 Å². The molecule has 2 bridgehead atoms. The van der Waals surface area contributed by atoms with Crippen LogP contribution in [0.15, 0.2) is 112 Å². The van der Waals surface area contributed by atoms with Crippen LogP contribution in [0.4, 0.5) is 4.79 Å². The van der Waals surface area contributed by atoms with Gasteiger partial charge in [0.1, 0.15) is 17.6 Å². The van der Waals surface area contributed by atoms with Crippen LogP contribution in [0, 0.1) is 5.92 Å². The average molecular weight is 757 g/mol. The van der Waals surface area contributed by atoms with E-state index in [9.17, 15) is 19.8 Å². The number of aromatic amines is 1. The number of hydrogen-bond donors (Lipinski definition) is 5. The Morgan fingerprint density at radius 3 is 2.55 bits per heavy atom. The molecule has 1 amide bonds. The summed E-state index contributed by atoms with van der Waals surface area (Å²) in [5.41, 5.74) is 4.27. The first-order valence-corrected chi connectivity index (χ1v) is 19.0. The maximum absolute atomic E-state index is 13.2. The van der Waals surface area contributed by atoms with Gasteiger partial charge in [-0.05, 0) is 91.3 Å². The molecule has 2 aromatic heterocycles. The molecule has 56 heavy (non-hydrogen) atoms. The summed E-state index contributed by atoms with van der Waals surface area (Å²) in [5, 5.41) is 32.1. The molecule has 3 saturated heterocycles. The van der Waals surface area contributed by atoms with E-state index in [-0.39, 0.29) is 24.0 Å². The molecule has 0 spiro atoms. The Hall–Kier alpha value is -6.02. The lowest BCUT2D eigenvalue weighted by Gasteiger charge is -2.43. The summed E-state index contributed by atoms with van der Waals surface area (Å²) in [7, 11) is 0. The Morgan fingerprint density at radius 1 is 0.964 bits per heavy atom. The highest BCUT2D eigenvalue weighted by molar-refractivity contribution is 5.87. The number of carbonyl (C=O) groups excluding carboxylic acids is 1. The van der Waals surface area contributed by atoms with Crippen molar-refractivity contribution >= 4 is 17.0 Å². The maximum Gasteiger partial charge on any atom is 0.408 e. The molecule has 3 fully saturated rings. The number of phenolic OH excluding ortho intramolecular Hbond substituents is 1. The summed E-state index contributed by atoms with van der Waals surface area (Å²) in [6, 6.07) is 30.9. The number of aliphatic hydroxyl groups excluding tert-OH is 1. The summed E-state index contributed by atoms with van der Waals surface area (Å²) >= 11 is 0. The van der Waals surface area contributed by atoms with Crippen LogP contribution in [-0.4, -0.2) is 75.2 Å². The van der Waals surface area contributed by atoms with Gasteiger partial charge >= 0.3 is 6.09 Å². The monoisotopic (exact) mass is 756 g/mol. The van der Waals surface area contributed by atoms with Gasteiger partial charge in [-0.15, -0.1) is 0 Å². The normalized spacial score (nSPS) is 18.7. The first-order chi connectivity index (χ1) is 27.4. The average Bonchev–Trinajstić information content (AvgIpc) is 3.71. The second kappa shape index (κ2) is 16.8. The highest BCUT2D eigenvalue weighted by Crippen LogP contribution is 2.31. The quantitative estimate of drug-likeness (QED) is 0.0871. The van der Waals surface area contributed by atoms with Crippen molar-refractivity contribution in [1.82, 2.24) is 30.7 Å². The predicted molar refractivity (Wildman–Crippen MR) is 209 cm³/mol. The van der Waals surface area contributed by atoms with Gasteiger partial charge in [0.05, 0.1) is 17.7 Å². The molecular weight excluding hydrogens is 713 g/mol. The van der Waals surface area contributed by atoms with E-state index in [4.69, 9.17) is 14.0 Å². The van der Waals surface area contributed by atoms with Crippen molar-refractivity contribution in [2.75, 3.05) is 32.7 Å². The van der Waals surface area contributed by atoms with Gasteiger partial charge in [-0.2, -0.15) is 4.98 Å². The van der Waals surface area contributed by atoms with E-state index in [2.05, 4.69) is 30.7 Å². The van der Waals surface area contributed by atoms with Crippen molar-refractivity contribution in [2.24, 2.45) is 5.92 Å². The summed E-state index contributed by atoms with van der Waals surface area (Å²) in [4.78, 5) is 34.5. The van der Waals surface area contributed by atoms with E-state index in [1.807, 2.05) is 78.9 Å². The summed E-state index contributed by atoms with van der Waals surface area (Å²) in [5.74, 6) is 1.74. The van der Waals surface area contributed by atoms with E-state index in [0.717, 1.165) is 61.2 Å². The minimum absolute atomic E-state index is 0.0427. The van der Waals surface area contributed by atoms with E-state index in [0.29, 0.717) is 52.9 Å². The SMILES string of the molecule is O=C(NC(c1ccccc1)c1cccc(OCc2nc(-c3ccc(CCNCC(O)c4ccc(O)c5[nH]c(=O)ccc45)cc3)no2)c1)OC1CN2CCC1CC2. The molecule has 9 rings (SSSR count). The Bertz CT molecular complexity index is 2320. The van der Waals surface area contributed by atoms with Crippen molar-refractivity contribution in [3.8, 4) is 22.9 Å². The predicted octanol–water partition coefficient (Wildman–Crippen LogP) is 5.64. The minimum atomic E-state index is -0.829. The summed E-state index contributed by atoms with van der Waals surface area (Å²) in [6.07, 6.45) is 1.51. The molecule has 13 heteroatoms. The van der Waals surface area contributed by atoms with E-state index in [1.54, 1.807) is 12.1 Å². The van der Waals surface area contributed by atoms with Crippen LogP contribution in [0.25, 0.3) is 22.3 Å². The number of nitrogens with one attached hydrogen (secondary N) is 3. The van der Waals surface area contributed by atoms with Gasteiger partial charge in [0.2, 0.25) is 11.4 Å². The maximum atomic E-state index is 13.2. The lowest BCUT2D eigenvalue weighted by atomic mass is 9.86. The number of benzene rings is 4. The van der Waals surface area contributed by atoms with E-state index in [1.165, 1.54) is 12.1 Å². The smallest absolute Gasteiger partial charge is 0.408 e. The number of fused-ring (bicyclic) bond motifs is 4. The van der Waals surface area contributed by atoms with Crippen LogP contribution in [-0.2, 0) is 17.8 Å². The molecule has 0 saturated carbocycles. The lowest BCUT2D eigenvalue weighted by molar-refractivity contribution is -0.0336. The van der Waals surface area contributed by atoms with Crippen molar-refractivity contribution in [3.63, 3.8) is 0 Å². The van der Waals surface area contributed by atoms with Crippen molar-refractivity contribution in [3.05, 3.63) is 142 Å². The molecule has 3 aliphatic heterocycles. The first-order valence-electron chi connectivity index (χ1n) is 19.0. The molecule has 288 valence electrons. The van der Waals surface area contributed by atoms with Crippen LogP contribution >= 0.6 is 0 Å². The Kier molecular flexibility index (Phi) is 11.1. The number of aromatic hydroxyl groups is 1. The van der Waals surface area contributed by atoms with Gasteiger partial charge in [0.15, 0.2) is 6.61 Å². The molecule has 6 aromatic rings.